The summed E-state index contributed by atoms with van der Waals surface area (Å²) < 4.78 is 6.15. The van der Waals surface area contributed by atoms with Crippen LogP contribution in [0.15, 0.2) is 53.4 Å². The van der Waals surface area contributed by atoms with Gasteiger partial charge in [-0.1, -0.05) is 50.2 Å². The first-order valence-electron chi connectivity index (χ1n) is 11.1. The lowest BCUT2D eigenvalue weighted by Gasteiger charge is -2.33. The Morgan fingerprint density at radius 2 is 1.70 bits per heavy atom. The summed E-state index contributed by atoms with van der Waals surface area (Å²) >= 11 is 4.79. The van der Waals surface area contributed by atoms with Gasteiger partial charge in [0.15, 0.2) is 0 Å². The van der Waals surface area contributed by atoms with E-state index < -0.39 is 5.60 Å². The largest absolute Gasteiger partial charge is 0.455 e. The van der Waals surface area contributed by atoms with Gasteiger partial charge in [0, 0.05) is 4.90 Å². The minimum absolute atomic E-state index is 0.0141. The van der Waals surface area contributed by atoms with E-state index in [1.54, 1.807) is 0 Å². The van der Waals surface area contributed by atoms with Crippen LogP contribution in [0, 0.1) is 29.6 Å². The third-order valence-corrected chi connectivity index (χ3v) is 8.57. The normalized spacial score (nSPS) is 28.4. The fourth-order valence-electron chi connectivity index (χ4n) is 6.02. The maximum atomic E-state index is 13.1. The van der Waals surface area contributed by atoms with Gasteiger partial charge >= 0.3 is 5.97 Å². The van der Waals surface area contributed by atoms with Gasteiger partial charge in [0.25, 0.3) is 0 Å². The minimum Gasteiger partial charge on any atom is -0.455 e. The predicted octanol–water partition coefficient (Wildman–Crippen LogP) is 6.99. The number of hydrogen-bond acceptors (Lipinski definition) is 3. The highest BCUT2D eigenvalue weighted by molar-refractivity contribution is 7.80. The molecular weight excluding hydrogens is 388 g/mol. The van der Waals surface area contributed by atoms with E-state index in [4.69, 9.17) is 17.4 Å². The predicted molar refractivity (Wildman–Crippen MR) is 126 cm³/mol. The van der Waals surface area contributed by atoms with Crippen LogP contribution >= 0.6 is 12.6 Å². The number of ether oxygens (including phenoxy) is 1. The zero-order valence-electron chi connectivity index (χ0n) is 18.2. The van der Waals surface area contributed by atoms with Gasteiger partial charge in [0.2, 0.25) is 0 Å². The number of carbonyl (C=O) groups is 1. The average molecular weight is 419 g/mol. The van der Waals surface area contributed by atoms with Crippen LogP contribution < -0.4 is 0 Å². The zero-order valence-corrected chi connectivity index (χ0v) is 19.1. The van der Waals surface area contributed by atoms with Gasteiger partial charge in [0.1, 0.15) is 5.60 Å². The number of hydrogen-bond donors (Lipinski definition) is 1. The van der Waals surface area contributed by atoms with Crippen molar-refractivity contribution in [1.82, 2.24) is 0 Å². The molecule has 0 heterocycles. The highest BCUT2D eigenvalue weighted by Gasteiger charge is 2.52. The molecule has 0 spiro atoms. The molecule has 0 radical (unpaired) electrons. The Kier molecular flexibility index (Phi) is 4.66. The van der Waals surface area contributed by atoms with E-state index in [2.05, 4.69) is 50.2 Å². The van der Waals surface area contributed by atoms with Crippen molar-refractivity contribution in [2.24, 2.45) is 29.6 Å². The maximum absolute atomic E-state index is 13.1. The summed E-state index contributed by atoms with van der Waals surface area (Å²) in [5, 5.41) is 4.58. The van der Waals surface area contributed by atoms with Gasteiger partial charge in [-0.2, -0.15) is 0 Å². The van der Waals surface area contributed by atoms with Crippen molar-refractivity contribution < 1.29 is 9.53 Å². The highest BCUT2D eigenvalue weighted by atomic mass is 32.1. The first-order valence-corrected chi connectivity index (χ1v) is 11.6. The van der Waals surface area contributed by atoms with Gasteiger partial charge in [0.05, 0.1) is 5.92 Å². The van der Waals surface area contributed by atoms with E-state index in [0.717, 1.165) is 39.0 Å². The number of carbonyl (C=O) groups excluding carboxylic acids is 1. The summed E-state index contributed by atoms with van der Waals surface area (Å²) in [6, 6.07) is 16.9. The smallest absolute Gasteiger partial charge is 0.310 e. The summed E-state index contributed by atoms with van der Waals surface area (Å²) in [4.78, 5) is 14.1. The molecule has 5 unspecified atom stereocenters. The van der Waals surface area contributed by atoms with Crippen LogP contribution in [0.4, 0.5) is 0 Å². The summed E-state index contributed by atoms with van der Waals surface area (Å²) in [5.41, 5.74) is 0.362. The molecule has 5 atom stereocenters. The zero-order chi connectivity index (χ0) is 21.2. The number of esters is 1. The molecule has 0 saturated heterocycles. The molecule has 3 aromatic rings. The Hall–Kier alpha value is -2.00. The molecule has 2 fully saturated rings. The Labute approximate surface area is 184 Å². The summed E-state index contributed by atoms with van der Waals surface area (Å²) in [6.45, 7) is 8.67. The molecule has 0 aliphatic heterocycles. The lowest BCUT2D eigenvalue weighted by molar-refractivity contribution is -0.165. The summed E-state index contributed by atoms with van der Waals surface area (Å²) in [6.07, 6.45) is 2.19. The van der Waals surface area contributed by atoms with Crippen molar-refractivity contribution in [2.45, 2.75) is 51.0 Å². The van der Waals surface area contributed by atoms with Gasteiger partial charge in [-0.3, -0.25) is 4.79 Å². The fraction of sp³-hybridized carbons (Fsp3) is 0.444. The molecule has 2 aliphatic carbocycles. The van der Waals surface area contributed by atoms with E-state index in [1.807, 2.05) is 26.0 Å². The van der Waals surface area contributed by atoms with E-state index in [9.17, 15) is 4.79 Å². The van der Waals surface area contributed by atoms with Crippen molar-refractivity contribution in [3.05, 3.63) is 54.1 Å². The van der Waals surface area contributed by atoms with E-state index in [-0.39, 0.29) is 11.9 Å². The third kappa shape index (κ3) is 3.05. The molecule has 30 heavy (non-hydrogen) atoms. The van der Waals surface area contributed by atoms with Crippen LogP contribution in [0.5, 0.6) is 0 Å². The molecule has 2 saturated carbocycles. The summed E-state index contributed by atoms with van der Waals surface area (Å²) in [7, 11) is 0. The van der Waals surface area contributed by atoms with Crippen molar-refractivity contribution in [2.75, 3.05) is 0 Å². The van der Waals surface area contributed by atoms with Crippen LogP contribution in [-0.2, 0) is 15.1 Å². The molecule has 0 amide bonds. The Bertz CT molecular complexity index is 1150. The van der Waals surface area contributed by atoms with Crippen LogP contribution in [0.3, 0.4) is 0 Å². The van der Waals surface area contributed by atoms with Gasteiger partial charge in [-0.05, 0) is 89.6 Å². The maximum Gasteiger partial charge on any atom is 0.310 e. The Morgan fingerprint density at radius 3 is 2.43 bits per heavy atom. The lowest BCUT2D eigenvalue weighted by Crippen LogP contribution is -2.35. The molecular formula is C27H30O2S. The summed E-state index contributed by atoms with van der Waals surface area (Å²) in [5.74, 6) is 2.58. The van der Waals surface area contributed by atoms with E-state index in [1.165, 1.54) is 11.8 Å². The molecule has 2 aliphatic rings. The van der Waals surface area contributed by atoms with Gasteiger partial charge in [-0.15, -0.1) is 12.6 Å². The van der Waals surface area contributed by atoms with E-state index in [0.29, 0.717) is 17.8 Å². The van der Waals surface area contributed by atoms with Crippen LogP contribution in [-0.4, -0.2) is 5.97 Å². The number of fused-ring (bicyclic) bond motifs is 4. The Morgan fingerprint density at radius 1 is 0.967 bits per heavy atom. The SMILES string of the molecule is CC1C2CC(C(=O)OC(C)(C)c3ccc4c(S)c5ccccc5cc4c3)C(C2)C1C. The average Bonchev–Trinajstić information content (AvgIpc) is 3.28. The quantitative estimate of drug-likeness (QED) is 0.282. The van der Waals surface area contributed by atoms with Crippen molar-refractivity contribution in [1.29, 1.82) is 0 Å². The van der Waals surface area contributed by atoms with Gasteiger partial charge < -0.3 is 4.74 Å². The first kappa shape index (κ1) is 19.9. The van der Waals surface area contributed by atoms with E-state index >= 15 is 0 Å². The third-order valence-electron chi connectivity index (χ3n) is 8.08. The molecule has 3 heteroatoms. The highest BCUT2D eigenvalue weighted by Crippen LogP contribution is 2.55. The van der Waals surface area contributed by atoms with Crippen molar-refractivity contribution in [3.63, 3.8) is 0 Å². The van der Waals surface area contributed by atoms with Crippen LogP contribution in [0.1, 0.15) is 46.1 Å². The Balaban J connectivity index is 1.44. The van der Waals surface area contributed by atoms with Crippen LogP contribution in [0.2, 0.25) is 0 Å². The fourth-order valence-corrected chi connectivity index (χ4v) is 6.43. The molecule has 2 bridgehead atoms. The standard InChI is InChI=1S/C27H30O2S/c1-15-16(2)23-13-18(15)14-24(23)26(28)29-27(3,4)20-9-10-22-19(12-20)11-17-7-5-6-8-21(17)25(22)30/h5-12,15-16,18,23-24,30H,13-14H2,1-4H3. The molecule has 0 N–H and O–H groups in total. The number of thiol groups is 1. The molecule has 3 aromatic carbocycles. The topological polar surface area (TPSA) is 26.3 Å². The second kappa shape index (κ2) is 7.02. The van der Waals surface area contributed by atoms with Crippen molar-refractivity contribution >= 4 is 40.1 Å². The molecule has 2 nitrogen and oxygen atoms in total. The monoisotopic (exact) mass is 418 g/mol. The molecule has 156 valence electrons. The van der Waals surface area contributed by atoms with Gasteiger partial charge in [-0.25, -0.2) is 0 Å². The first-order chi connectivity index (χ1) is 14.3. The second-order valence-electron chi connectivity index (χ2n) is 10.0. The number of rotatable bonds is 3. The second-order valence-corrected chi connectivity index (χ2v) is 10.5. The van der Waals surface area contributed by atoms with Crippen LogP contribution in [0.25, 0.3) is 21.5 Å². The number of benzene rings is 3. The lowest BCUT2D eigenvalue weighted by atomic mass is 9.75. The van der Waals surface area contributed by atoms with Crippen molar-refractivity contribution in [3.8, 4) is 0 Å². The molecule has 5 rings (SSSR count). The minimum atomic E-state index is -0.662. The molecule has 0 aromatic heterocycles.